The van der Waals surface area contributed by atoms with Gasteiger partial charge in [0, 0.05) is 23.9 Å². The second-order valence-electron chi connectivity index (χ2n) is 6.37. The Bertz CT molecular complexity index is 874. The molecule has 0 radical (unpaired) electrons. The smallest absolute Gasteiger partial charge is 0.182 e. The number of amidine groups is 1. The molecular formula is C22H27BrN2O4S. The Balaban J connectivity index is 0.00000320. The van der Waals surface area contributed by atoms with E-state index in [0.717, 1.165) is 35.3 Å². The van der Waals surface area contributed by atoms with Crippen molar-refractivity contribution >= 4 is 45.4 Å². The molecule has 0 aliphatic carbocycles. The van der Waals surface area contributed by atoms with Crippen LogP contribution in [0.1, 0.15) is 23.7 Å². The molecule has 0 fully saturated rings. The SMILES string of the molecule is Br.CCOc1ccc(C(=O)CN(C2=NCCCS2)c2cc(OC)ccc2OC)cc1. The molecule has 0 bridgehead atoms. The van der Waals surface area contributed by atoms with Crippen LogP contribution in [0.2, 0.25) is 0 Å². The number of halogens is 1. The van der Waals surface area contributed by atoms with E-state index in [0.29, 0.717) is 23.7 Å². The molecule has 1 aliphatic heterocycles. The summed E-state index contributed by atoms with van der Waals surface area (Å²) in [4.78, 5) is 19.7. The van der Waals surface area contributed by atoms with Gasteiger partial charge in [-0.1, -0.05) is 11.8 Å². The van der Waals surface area contributed by atoms with Crippen LogP contribution in [-0.2, 0) is 0 Å². The number of nitrogens with zero attached hydrogens (tertiary/aromatic N) is 2. The van der Waals surface area contributed by atoms with Crippen LogP contribution in [0.25, 0.3) is 0 Å². The van der Waals surface area contributed by atoms with Gasteiger partial charge in [-0.2, -0.15) is 0 Å². The Labute approximate surface area is 192 Å². The maximum absolute atomic E-state index is 13.1. The number of rotatable bonds is 8. The summed E-state index contributed by atoms with van der Waals surface area (Å²) >= 11 is 1.65. The molecule has 0 saturated heterocycles. The van der Waals surface area contributed by atoms with Crippen LogP contribution in [0.4, 0.5) is 5.69 Å². The van der Waals surface area contributed by atoms with Crippen molar-refractivity contribution in [2.45, 2.75) is 13.3 Å². The van der Waals surface area contributed by atoms with Crippen molar-refractivity contribution < 1.29 is 19.0 Å². The second kappa shape index (κ2) is 11.9. The number of thioether (sulfide) groups is 1. The summed E-state index contributed by atoms with van der Waals surface area (Å²) in [6, 6.07) is 12.8. The van der Waals surface area contributed by atoms with E-state index in [1.165, 1.54) is 0 Å². The van der Waals surface area contributed by atoms with Gasteiger partial charge in [0.1, 0.15) is 17.2 Å². The van der Waals surface area contributed by atoms with Gasteiger partial charge in [-0.05, 0) is 49.7 Å². The fraction of sp³-hybridized carbons (Fsp3) is 0.364. The first-order chi connectivity index (χ1) is 14.2. The minimum absolute atomic E-state index is 0. The molecule has 2 aromatic rings. The maximum atomic E-state index is 13.1. The van der Waals surface area contributed by atoms with Crippen molar-refractivity contribution in [3.05, 3.63) is 48.0 Å². The van der Waals surface area contributed by atoms with Gasteiger partial charge in [0.05, 0.1) is 33.1 Å². The maximum Gasteiger partial charge on any atom is 0.182 e. The van der Waals surface area contributed by atoms with Crippen LogP contribution in [0.15, 0.2) is 47.5 Å². The Kier molecular flexibility index (Phi) is 9.52. The highest BCUT2D eigenvalue weighted by Gasteiger charge is 2.24. The Hall–Kier alpha value is -2.19. The molecule has 0 atom stereocenters. The number of ether oxygens (including phenoxy) is 3. The fourth-order valence-corrected chi connectivity index (χ4v) is 3.97. The Morgan fingerprint density at radius 2 is 1.83 bits per heavy atom. The number of Topliss-reactive ketones (excluding diaryl/α,β-unsaturated/α-hetero) is 1. The molecule has 8 heteroatoms. The third-order valence-corrected chi connectivity index (χ3v) is 5.58. The molecule has 0 unspecified atom stereocenters. The molecule has 3 rings (SSSR count). The lowest BCUT2D eigenvalue weighted by atomic mass is 10.1. The molecule has 0 saturated carbocycles. The molecule has 162 valence electrons. The van der Waals surface area contributed by atoms with Crippen LogP contribution in [0.3, 0.4) is 0 Å². The fourth-order valence-electron chi connectivity index (χ4n) is 3.01. The quantitative estimate of drug-likeness (QED) is 0.488. The van der Waals surface area contributed by atoms with E-state index < -0.39 is 0 Å². The van der Waals surface area contributed by atoms with Crippen LogP contribution < -0.4 is 19.1 Å². The monoisotopic (exact) mass is 494 g/mol. The molecule has 0 amide bonds. The standard InChI is InChI=1S/C22H26N2O4S.BrH/c1-4-28-17-8-6-16(7-9-17)20(25)15-24(22-23-12-5-13-29-22)19-14-18(26-2)10-11-21(19)27-3;/h6-11,14H,4-5,12-13,15H2,1-3H3;1H. The van der Waals surface area contributed by atoms with Crippen molar-refractivity contribution in [2.24, 2.45) is 4.99 Å². The number of anilines is 1. The van der Waals surface area contributed by atoms with Gasteiger partial charge in [-0.15, -0.1) is 17.0 Å². The van der Waals surface area contributed by atoms with Gasteiger partial charge in [-0.25, -0.2) is 0 Å². The largest absolute Gasteiger partial charge is 0.497 e. The zero-order valence-electron chi connectivity index (χ0n) is 17.4. The van der Waals surface area contributed by atoms with Gasteiger partial charge in [-0.3, -0.25) is 9.79 Å². The minimum Gasteiger partial charge on any atom is -0.497 e. The number of carbonyl (C=O) groups excluding carboxylic acids is 1. The van der Waals surface area contributed by atoms with Crippen molar-refractivity contribution in [2.75, 3.05) is 44.6 Å². The highest BCUT2D eigenvalue weighted by atomic mass is 79.9. The summed E-state index contributed by atoms with van der Waals surface area (Å²) in [5.41, 5.74) is 1.39. The van der Waals surface area contributed by atoms with Crippen molar-refractivity contribution in [3.63, 3.8) is 0 Å². The van der Waals surface area contributed by atoms with Crippen LogP contribution in [0.5, 0.6) is 17.2 Å². The topological polar surface area (TPSA) is 60.4 Å². The van der Waals surface area contributed by atoms with Gasteiger partial charge < -0.3 is 19.1 Å². The third-order valence-electron chi connectivity index (χ3n) is 4.48. The lowest BCUT2D eigenvalue weighted by Gasteiger charge is -2.28. The molecule has 1 heterocycles. The van der Waals surface area contributed by atoms with Gasteiger partial charge >= 0.3 is 0 Å². The predicted molar refractivity (Wildman–Crippen MR) is 129 cm³/mol. The van der Waals surface area contributed by atoms with Crippen molar-refractivity contribution in [1.29, 1.82) is 0 Å². The molecular weight excluding hydrogens is 468 g/mol. The van der Waals surface area contributed by atoms with Gasteiger partial charge in [0.25, 0.3) is 0 Å². The van der Waals surface area contributed by atoms with Crippen molar-refractivity contribution in [3.8, 4) is 17.2 Å². The van der Waals surface area contributed by atoms with E-state index in [1.807, 2.05) is 42.2 Å². The number of hydrogen-bond donors (Lipinski definition) is 0. The number of methoxy groups -OCH3 is 2. The van der Waals surface area contributed by atoms with Crippen LogP contribution in [-0.4, -0.2) is 50.6 Å². The zero-order chi connectivity index (χ0) is 20.6. The number of hydrogen-bond acceptors (Lipinski definition) is 7. The average Bonchev–Trinajstić information content (AvgIpc) is 2.78. The summed E-state index contributed by atoms with van der Waals surface area (Å²) in [7, 11) is 3.24. The summed E-state index contributed by atoms with van der Waals surface area (Å²) in [5, 5.41) is 0.821. The molecule has 0 aromatic heterocycles. The average molecular weight is 495 g/mol. The molecule has 2 aromatic carbocycles. The van der Waals surface area contributed by atoms with E-state index in [-0.39, 0.29) is 29.3 Å². The van der Waals surface area contributed by atoms with E-state index in [9.17, 15) is 4.79 Å². The first kappa shape index (κ1) is 24.1. The lowest BCUT2D eigenvalue weighted by Crippen LogP contribution is -2.36. The van der Waals surface area contributed by atoms with Crippen LogP contribution in [0, 0.1) is 0 Å². The first-order valence-corrected chi connectivity index (χ1v) is 10.6. The van der Waals surface area contributed by atoms with Crippen LogP contribution >= 0.6 is 28.7 Å². The number of ketones is 1. The molecule has 0 spiro atoms. The first-order valence-electron chi connectivity index (χ1n) is 9.59. The Morgan fingerprint density at radius 1 is 1.10 bits per heavy atom. The normalized spacial score (nSPS) is 13.0. The summed E-state index contributed by atoms with van der Waals surface area (Å²) < 4.78 is 16.4. The summed E-state index contributed by atoms with van der Waals surface area (Å²) in [6.07, 6.45) is 1.03. The predicted octanol–water partition coefficient (Wildman–Crippen LogP) is 4.86. The van der Waals surface area contributed by atoms with E-state index in [4.69, 9.17) is 14.2 Å². The minimum atomic E-state index is -0.00760. The van der Waals surface area contributed by atoms with E-state index >= 15 is 0 Å². The highest BCUT2D eigenvalue weighted by Crippen LogP contribution is 2.35. The Morgan fingerprint density at radius 3 is 2.43 bits per heavy atom. The number of aliphatic imine (C=N–C) groups is 1. The van der Waals surface area contributed by atoms with Gasteiger partial charge in [0.15, 0.2) is 11.0 Å². The van der Waals surface area contributed by atoms with E-state index in [1.54, 1.807) is 38.1 Å². The number of carbonyl (C=O) groups is 1. The lowest BCUT2D eigenvalue weighted by molar-refractivity contribution is 0.100. The van der Waals surface area contributed by atoms with E-state index in [2.05, 4.69) is 4.99 Å². The molecule has 0 N–H and O–H groups in total. The molecule has 1 aliphatic rings. The molecule has 30 heavy (non-hydrogen) atoms. The van der Waals surface area contributed by atoms with Crippen molar-refractivity contribution in [1.82, 2.24) is 0 Å². The third kappa shape index (κ3) is 5.92. The highest BCUT2D eigenvalue weighted by molar-refractivity contribution is 8.93. The number of benzene rings is 2. The second-order valence-corrected chi connectivity index (χ2v) is 7.43. The summed E-state index contributed by atoms with van der Waals surface area (Å²) in [5.74, 6) is 3.08. The summed E-state index contributed by atoms with van der Waals surface area (Å²) in [6.45, 7) is 3.43. The molecule has 6 nitrogen and oxygen atoms in total. The zero-order valence-corrected chi connectivity index (χ0v) is 20.0. The van der Waals surface area contributed by atoms with Gasteiger partial charge in [0.2, 0.25) is 0 Å².